The Morgan fingerprint density at radius 1 is 1.31 bits per heavy atom. The van der Waals surface area contributed by atoms with Gasteiger partial charge in [0.15, 0.2) is 4.34 Å². The number of benzene rings is 1. The number of carboxylic acids is 1. The first kappa shape index (κ1) is 21.3. The molecule has 2 atom stereocenters. The van der Waals surface area contributed by atoms with Crippen LogP contribution < -0.4 is 4.90 Å². The maximum Gasteiger partial charge on any atom is 0.347 e. The Hall–Kier alpha value is -2.43. The van der Waals surface area contributed by atoms with Crippen molar-refractivity contribution >= 4 is 46.7 Å². The van der Waals surface area contributed by atoms with Gasteiger partial charge in [0.25, 0.3) is 5.91 Å². The number of carboxylic acid groups (broad SMARTS) is 1. The highest BCUT2D eigenvalue weighted by molar-refractivity contribution is 8.01. The first-order chi connectivity index (χ1) is 13.8. The lowest BCUT2D eigenvalue weighted by molar-refractivity contribution is -0.126. The zero-order valence-electron chi connectivity index (χ0n) is 15.9. The molecule has 0 radical (unpaired) electrons. The molecule has 1 aromatic carbocycles. The van der Waals surface area contributed by atoms with Gasteiger partial charge in [-0.05, 0) is 30.5 Å². The van der Waals surface area contributed by atoms with Gasteiger partial charge in [0, 0.05) is 18.5 Å². The van der Waals surface area contributed by atoms with E-state index in [1.54, 1.807) is 24.3 Å². The molecule has 1 aliphatic heterocycles. The number of aliphatic hydroxyl groups is 1. The van der Waals surface area contributed by atoms with Crippen LogP contribution in [0.4, 0.5) is 10.5 Å². The maximum absolute atomic E-state index is 12.6. The summed E-state index contributed by atoms with van der Waals surface area (Å²) in [6.07, 6.45) is 1.74. The highest BCUT2D eigenvalue weighted by atomic mass is 32.2. The Morgan fingerprint density at radius 2 is 2.00 bits per heavy atom. The molecule has 0 spiro atoms. The molecular formula is C19H21N3O5S2. The van der Waals surface area contributed by atoms with E-state index in [-0.39, 0.29) is 10.8 Å². The molecule has 1 aromatic heterocycles. The summed E-state index contributed by atoms with van der Waals surface area (Å²) in [5, 5.41) is 18.9. The molecule has 0 saturated carbocycles. The van der Waals surface area contributed by atoms with E-state index in [1.807, 2.05) is 6.92 Å². The second-order valence-electron chi connectivity index (χ2n) is 6.51. The molecule has 8 nitrogen and oxygen atoms in total. The lowest BCUT2D eigenvalue weighted by Crippen LogP contribution is -2.35. The van der Waals surface area contributed by atoms with Crippen LogP contribution in [-0.4, -0.2) is 56.8 Å². The number of rotatable bonds is 8. The van der Waals surface area contributed by atoms with E-state index >= 15 is 0 Å². The number of thioether (sulfide) groups is 1. The largest absolute Gasteiger partial charge is 0.477 e. The maximum atomic E-state index is 12.6. The topological polar surface area (TPSA) is 111 Å². The fraction of sp³-hybridized carbons (Fsp3) is 0.368. The smallest absolute Gasteiger partial charge is 0.347 e. The van der Waals surface area contributed by atoms with Gasteiger partial charge in [0.1, 0.15) is 10.9 Å². The normalized spacial score (nSPS) is 17.8. The molecular weight excluding hydrogens is 414 g/mol. The third-order valence-electron chi connectivity index (χ3n) is 4.68. The molecule has 0 bridgehead atoms. The van der Waals surface area contributed by atoms with Crippen molar-refractivity contribution in [3.8, 4) is 0 Å². The summed E-state index contributed by atoms with van der Waals surface area (Å²) in [6, 6.07) is 5.96. The Morgan fingerprint density at radius 3 is 2.59 bits per heavy atom. The predicted molar refractivity (Wildman–Crippen MR) is 111 cm³/mol. The summed E-state index contributed by atoms with van der Waals surface area (Å²) in [6.45, 7) is 1.88. The third kappa shape index (κ3) is 4.44. The Labute approximate surface area is 176 Å². The van der Waals surface area contributed by atoms with Crippen LogP contribution in [0.2, 0.25) is 0 Å². The van der Waals surface area contributed by atoms with Crippen LogP contribution in [0.1, 0.15) is 41.1 Å². The van der Waals surface area contributed by atoms with Crippen molar-refractivity contribution in [2.45, 2.75) is 36.3 Å². The Kier molecular flexibility index (Phi) is 6.56. The summed E-state index contributed by atoms with van der Waals surface area (Å²) in [5.41, 5.74) is 1.35. The molecule has 1 aliphatic rings. The van der Waals surface area contributed by atoms with Crippen LogP contribution in [0, 0.1) is 0 Å². The van der Waals surface area contributed by atoms with Crippen LogP contribution in [0.5, 0.6) is 0 Å². The highest BCUT2D eigenvalue weighted by Crippen LogP contribution is 2.31. The van der Waals surface area contributed by atoms with Crippen molar-refractivity contribution < 1.29 is 24.6 Å². The van der Waals surface area contributed by atoms with Crippen LogP contribution in [0.15, 0.2) is 34.8 Å². The van der Waals surface area contributed by atoms with Crippen molar-refractivity contribution in [2.24, 2.45) is 0 Å². The van der Waals surface area contributed by atoms with Gasteiger partial charge in [-0.1, -0.05) is 30.8 Å². The number of thiazole rings is 1. The number of aliphatic hydroxyl groups excluding tert-OH is 1. The summed E-state index contributed by atoms with van der Waals surface area (Å²) in [7, 11) is 1.46. The van der Waals surface area contributed by atoms with Gasteiger partial charge in [-0.3, -0.25) is 14.6 Å². The number of urea groups is 1. The van der Waals surface area contributed by atoms with Crippen LogP contribution in [-0.2, 0) is 4.79 Å². The van der Waals surface area contributed by atoms with Crippen LogP contribution >= 0.6 is 23.1 Å². The van der Waals surface area contributed by atoms with Gasteiger partial charge in [0.2, 0.25) is 0 Å². The van der Waals surface area contributed by atoms with Crippen LogP contribution in [0.25, 0.3) is 0 Å². The van der Waals surface area contributed by atoms with E-state index in [1.165, 1.54) is 29.9 Å². The van der Waals surface area contributed by atoms with Crippen molar-refractivity contribution in [3.05, 3.63) is 40.9 Å². The molecule has 1 saturated heterocycles. The minimum absolute atomic E-state index is 0.162. The summed E-state index contributed by atoms with van der Waals surface area (Å²) in [4.78, 5) is 42.9. The van der Waals surface area contributed by atoms with Crippen molar-refractivity contribution in [1.82, 2.24) is 9.88 Å². The molecule has 154 valence electrons. The van der Waals surface area contributed by atoms with Gasteiger partial charge in [-0.15, -0.1) is 11.3 Å². The van der Waals surface area contributed by atoms with E-state index in [0.717, 1.165) is 21.8 Å². The van der Waals surface area contributed by atoms with E-state index in [9.17, 15) is 19.5 Å². The summed E-state index contributed by atoms with van der Waals surface area (Å²) in [5.74, 6) is -0.790. The number of hydrogen-bond donors (Lipinski definition) is 2. The van der Waals surface area contributed by atoms with Gasteiger partial charge < -0.3 is 10.2 Å². The first-order valence-corrected chi connectivity index (χ1v) is 10.8. The van der Waals surface area contributed by atoms with E-state index in [2.05, 4.69) is 4.98 Å². The molecule has 10 heteroatoms. The minimum Gasteiger partial charge on any atom is -0.477 e. The molecule has 3 amide bonds. The number of amides is 3. The molecule has 2 heterocycles. The molecule has 2 N–H and O–H groups in total. The molecule has 3 rings (SSSR count). The number of nitrogens with zero attached hydrogens (tertiary/aromatic N) is 3. The van der Waals surface area contributed by atoms with Gasteiger partial charge in [-0.25, -0.2) is 14.6 Å². The zero-order chi connectivity index (χ0) is 21.1. The fourth-order valence-corrected chi connectivity index (χ4v) is 4.92. The summed E-state index contributed by atoms with van der Waals surface area (Å²) < 4.78 is 0.608. The number of imide groups is 1. The molecule has 2 aromatic rings. The van der Waals surface area contributed by atoms with Crippen molar-refractivity contribution in [2.75, 3.05) is 17.7 Å². The van der Waals surface area contributed by atoms with Crippen molar-refractivity contribution in [3.63, 3.8) is 0 Å². The SMILES string of the molecule is CCC(O)c1ccc(N2C(=O)N(C)C(=O)C2CCSc2ncc(C(=O)O)s2)cc1. The lowest BCUT2D eigenvalue weighted by atomic mass is 10.1. The second-order valence-corrected chi connectivity index (χ2v) is 8.89. The van der Waals surface area contributed by atoms with Gasteiger partial charge >= 0.3 is 12.0 Å². The standard InChI is InChI=1S/C19H21N3O5S2/c1-3-14(23)11-4-6-12(7-5-11)22-13(16(24)21(2)19(22)27)8-9-28-18-20-10-15(29-18)17(25)26/h4-7,10,13-14,23H,3,8-9H2,1-2H3,(H,25,26). The second kappa shape index (κ2) is 8.93. The first-order valence-electron chi connectivity index (χ1n) is 9.04. The number of carbonyl (C=O) groups excluding carboxylic acids is 2. The van der Waals surface area contributed by atoms with E-state index < -0.39 is 24.1 Å². The van der Waals surface area contributed by atoms with Gasteiger partial charge in [-0.2, -0.15) is 0 Å². The highest BCUT2D eigenvalue weighted by Gasteiger charge is 2.43. The number of carbonyl (C=O) groups is 3. The third-order valence-corrected chi connectivity index (χ3v) is 6.85. The zero-order valence-corrected chi connectivity index (χ0v) is 17.6. The average Bonchev–Trinajstić information content (AvgIpc) is 3.27. The number of anilines is 1. The number of hydrogen-bond acceptors (Lipinski definition) is 7. The Balaban J connectivity index is 1.72. The fourth-order valence-electron chi connectivity index (χ4n) is 3.04. The predicted octanol–water partition coefficient (Wildman–Crippen LogP) is 3.23. The lowest BCUT2D eigenvalue weighted by Gasteiger charge is -2.22. The quantitative estimate of drug-likeness (QED) is 0.484. The minimum atomic E-state index is -1.02. The van der Waals surface area contributed by atoms with Gasteiger partial charge in [0.05, 0.1) is 12.3 Å². The molecule has 2 unspecified atom stereocenters. The van der Waals surface area contributed by atoms with E-state index in [0.29, 0.717) is 28.6 Å². The van der Waals surface area contributed by atoms with Crippen LogP contribution in [0.3, 0.4) is 0 Å². The summed E-state index contributed by atoms with van der Waals surface area (Å²) >= 11 is 2.44. The molecule has 0 aliphatic carbocycles. The van der Waals surface area contributed by atoms with Crippen molar-refractivity contribution in [1.29, 1.82) is 0 Å². The molecule has 1 fully saturated rings. The Bertz CT molecular complexity index is 915. The number of likely N-dealkylation sites (N-methyl/N-ethyl adjacent to an activating group) is 1. The monoisotopic (exact) mass is 435 g/mol. The van der Waals surface area contributed by atoms with E-state index in [4.69, 9.17) is 5.11 Å². The number of aromatic nitrogens is 1. The molecule has 29 heavy (non-hydrogen) atoms. The average molecular weight is 436 g/mol. The number of aromatic carboxylic acids is 1.